The molecular formula is C21H21FN2O3. The van der Waals surface area contributed by atoms with Gasteiger partial charge in [0, 0.05) is 17.1 Å². The van der Waals surface area contributed by atoms with Crippen molar-refractivity contribution in [3.05, 3.63) is 71.7 Å². The average molecular weight is 368 g/mol. The second-order valence-corrected chi connectivity index (χ2v) is 6.68. The van der Waals surface area contributed by atoms with E-state index in [-0.39, 0.29) is 24.6 Å². The lowest BCUT2D eigenvalue weighted by atomic mass is 9.88. The third kappa shape index (κ3) is 4.16. The van der Waals surface area contributed by atoms with Crippen molar-refractivity contribution < 1.29 is 18.7 Å². The minimum atomic E-state index is -1.01. The molecule has 140 valence electrons. The summed E-state index contributed by atoms with van der Waals surface area (Å²) in [5.41, 5.74) is 1.43. The van der Waals surface area contributed by atoms with Crippen LogP contribution in [0.2, 0.25) is 0 Å². The highest BCUT2D eigenvalue weighted by Gasteiger charge is 2.32. The summed E-state index contributed by atoms with van der Waals surface area (Å²) >= 11 is 0. The lowest BCUT2D eigenvalue weighted by Crippen LogP contribution is -2.45. The van der Waals surface area contributed by atoms with E-state index in [2.05, 4.69) is 10.3 Å². The molecule has 0 saturated heterocycles. The number of benzene rings is 2. The number of esters is 1. The molecule has 1 aromatic heterocycles. The summed E-state index contributed by atoms with van der Waals surface area (Å²) < 4.78 is 18.1. The number of para-hydroxylation sites is 1. The first kappa shape index (κ1) is 18.6. The van der Waals surface area contributed by atoms with Crippen molar-refractivity contribution in [2.45, 2.75) is 25.3 Å². The fourth-order valence-corrected chi connectivity index (χ4v) is 3.20. The van der Waals surface area contributed by atoms with Crippen LogP contribution in [0.15, 0.2) is 54.7 Å². The van der Waals surface area contributed by atoms with Crippen LogP contribution in [0.5, 0.6) is 0 Å². The average Bonchev–Trinajstić information content (AvgIpc) is 3.04. The van der Waals surface area contributed by atoms with Crippen LogP contribution in [-0.4, -0.2) is 24.0 Å². The van der Waals surface area contributed by atoms with E-state index >= 15 is 0 Å². The van der Waals surface area contributed by atoms with Gasteiger partial charge in [0.1, 0.15) is 5.82 Å². The van der Waals surface area contributed by atoms with Crippen molar-refractivity contribution in [1.29, 1.82) is 0 Å². The number of carbonyl (C=O) groups is 2. The van der Waals surface area contributed by atoms with Crippen LogP contribution in [0, 0.1) is 5.82 Å². The summed E-state index contributed by atoms with van der Waals surface area (Å²) in [7, 11) is 1.29. The highest BCUT2D eigenvalue weighted by molar-refractivity contribution is 5.89. The first-order chi connectivity index (χ1) is 12.9. The van der Waals surface area contributed by atoms with Gasteiger partial charge in [0.05, 0.1) is 25.5 Å². The third-order valence-corrected chi connectivity index (χ3v) is 4.65. The van der Waals surface area contributed by atoms with Crippen LogP contribution in [0.1, 0.15) is 24.5 Å². The van der Waals surface area contributed by atoms with E-state index in [0.29, 0.717) is 5.56 Å². The van der Waals surface area contributed by atoms with Crippen molar-refractivity contribution in [3.63, 3.8) is 0 Å². The van der Waals surface area contributed by atoms with E-state index in [0.717, 1.165) is 16.5 Å². The predicted molar refractivity (Wildman–Crippen MR) is 101 cm³/mol. The monoisotopic (exact) mass is 368 g/mol. The lowest BCUT2D eigenvalue weighted by Gasteiger charge is -2.30. The zero-order chi connectivity index (χ0) is 19.4. The van der Waals surface area contributed by atoms with Gasteiger partial charge in [-0.2, -0.15) is 0 Å². The van der Waals surface area contributed by atoms with Crippen LogP contribution in [0.4, 0.5) is 4.39 Å². The van der Waals surface area contributed by atoms with Crippen LogP contribution in [0.3, 0.4) is 0 Å². The number of H-pyrrole nitrogens is 1. The molecule has 0 aliphatic rings. The Morgan fingerprint density at radius 3 is 2.56 bits per heavy atom. The Balaban J connectivity index is 1.83. The van der Waals surface area contributed by atoms with E-state index in [1.54, 1.807) is 25.3 Å². The van der Waals surface area contributed by atoms with Crippen LogP contribution in [0.25, 0.3) is 10.9 Å². The molecule has 0 bridgehead atoms. The standard InChI is InChI=1S/C21H21FN2O3/c1-21(12-20(26)27-2,15-7-9-16(22)10-8-15)24-19(25)11-14-13-23-18-6-4-3-5-17(14)18/h3-10,13,23H,11-12H2,1-2H3,(H,24,25)/t21-/m0/s1. The number of ether oxygens (including phenoxy) is 1. The molecule has 0 saturated carbocycles. The second kappa shape index (κ2) is 7.61. The van der Waals surface area contributed by atoms with Gasteiger partial charge in [0.15, 0.2) is 0 Å². The van der Waals surface area contributed by atoms with Gasteiger partial charge in [-0.3, -0.25) is 9.59 Å². The molecule has 27 heavy (non-hydrogen) atoms. The first-order valence-corrected chi connectivity index (χ1v) is 8.60. The van der Waals surface area contributed by atoms with E-state index in [1.165, 1.54) is 19.2 Å². The number of nitrogens with one attached hydrogen (secondary N) is 2. The summed E-state index contributed by atoms with van der Waals surface area (Å²) in [6, 6.07) is 13.4. The zero-order valence-electron chi connectivity index (χ0n) is 15.2. The van der Waals surface area contributed by atoms with Gasteiger partial charge in [-0.05, 0) is 36.2 Å². The summed E-state index contributed by atoms with van der Waals surface area (Å²) in [6.45, 7) is 1.73. The number of fused-ring (bicyclic) bond motifs is 1. The van der Waals surface area contributed by atoms with Crippen molar-refractivity contribution in [2.24, 2.45) is 0 Å². The summed E-state index contributed by atoms with van der Waals surface area (Å²) in [5.74, 6) is -1.09. The van der Waals surface area contributed by atoms with E-state index in [9.17, 15) is 14.0 Å². The number of aromatic nitrogens is 1. The van der Waals surface area contributed by atoms with Gasteiger partial charge < -0.3 is 15.0 Å². The van der Waals surface area contributed by atoms with Gasteiger partial charge in [-0.25, -0.2) is 4.39 Å². The van der Waals surface area contributed by atoms with Gasteiger partial charge in [0.25, 0.3) is 0 Å². The molecule has 0 aliphatic heterocycles. The first-order valence-electron chi connectivity index (χ1n) is 8.60. The summed E-state index contributed by atoms with van der Waals surface area (Å²) in [4.78, 5) is 27.8. The zero-order valence-corrected chi connectivity index (χ0v) is 15.2. The maximum atomic E-state index is 13.3. The molecule has 0 fully saturated rings. The minimum absolute atomic E-state index is 0.0608. The van der Waals surface area contributed by atoms with Gasteiger partial charge in [0.2, 0.25) is 5.91 Å². The van der Waals surface area contributed by atoms with E-state index in [1.807, 2.05) is 24.3 Å². The lowest BCUT2D eigenvalue weighted by molar-refractivity contribution is -0.142. The van der Waals surface area contributed by atoms with Gasteiger partial charge >= 0.3 is 5.97 Å². The number of amides is 1. The van der Waals surface area contributed by atoms with Crippen molar-refractivity contribution in [3.8, 4) is 0 Å². The molecule has 0 unspecified atom stereocenters. The Labute approximate surface area is 156 Å². The van der Waals surface area contributed by atoms with E-state index < -0.39 is 11.5 Å². The second-order valence-electron chi connectivity index (χ2n) is 6.68. The van der Waals surface area contributed by atoms with Gasteiger partial charge in [-0.1, -0.05) is 30.3 Å². The maximum Gasteiger partial charge on any atom is 0.308 e. The highest BCUT2D eigenvalue weighted by Crippen LogP contribution is 2.26. The Morgan fingerprint density at radius 2 is 1.85 bits per heavy atom. The van der Waals surface area contributed by atoms with Crippen LogP contribution < -0.4 is 5.32 Å². The summed E-state index contributed by atoms with van der Waals surface area (Å²) in [6.07, 6.45) is 1.90. The molecule has 0 spiro atoms. The number of hydrogen-bond acceptors (Lipinski definition) is 3. The fourth-order valence-electron chi connectivity index (χ4n) is 3.20. The topological polar surface area (TPSA) is 71.2 Å². The Bertz CT molecular complexity index is 965. The number of rotatable bonds is 6. The molecule has 3 rings (SSSR count). The van der Waals surface area contributed by atoms with Crippen molar-refractivity contribution in [1.82, 2.24) is 10.3 Å². The molecule has 2 aromatic carbocycles. The Hall–Kier alpha value is -3.15. The van der Waals surface area contributed by atoms with Crippen molar-refractivity contribution >= 4 is 22.8 Å². The fraction of sp³-hybridized carbons (Fsp3) is 0.238. The molecule has 1 amide bonds. The summed E-state index contributed by atoms with van der Waals surface area (Å²) in [5, 5.41) is 3.90. The molecule has 0 aliphatic carbocycles. The normalized spacial score (nSPS) is 13.1. The minimum Gasteiger partial charge on any atom is -0.469 e. The molecule has 1 heterocycles. The van der Waals surface area contributed by atoms with Crippen molar-refractivity contribution in [2.75, 3.05) is 7.11 Å². The molecule has 1 atom stereocenters. The highest BCUT2D eigenvalue weighted by atomic mass is 19.1. The third-order valence-electron chi connectivity index (χ3n) is 4.65. The number of halogens is 1. The predicted octanol–water partition coefficient (Wildman–Crippen LogP) is 3.44. The number of carbonyl (C=O) groups excluding carboxylic acids is 2. The molecule has 2 N–H and O–H groups in total. The maximum absolute atomic E-state index is 13.3. The number of hydrogen-bond donors (Lipinski definition) is 2. The van der Waals surface area contributed by atoms with Crippen LogP contribution in [-0.2, 0) is 26.3 Å². The van der Waals surface area contributed by atoms with Gasteiger partial charge in [-0.15, -0.1) is 0 Å². The molecular weight excluding hydrogens is 347 g/mol. The molecule has 3 aromatic rings. The van der Waals surface area contributed by atoms with E-state index in [4.69, 9.17) is 4.74 Å². The molecule has 5 nitrogen and oxygen atoms in total. The Kier molecular flexibility index (Phi) is 5.26. The number of aromatic amines is 1. The molecule has 0 radical (unpaired) electrons. The SMILES string of the molecule is COC(=O)C[C@](C)(NC(=O)Cc1c[nH]c2ccccc12)c1ccc(F)cc1. The largest absolute Gasteiger partial charge is 0.469 e. The Morgan fingerprint density at radius 1 is 1.15 bits per heavy atom. The quantitative estimate of drug-likeness (QED) is 0.655. The number of methoxy groups -OCH3 is 1. The molecule has 6 heteroatoms. The van der Waals surface area contributed by atoms with Crippen LogP contribution >= 0.6 is 0 Å². The smallest absolute Gasteiger partial charge is 0.308 e.